The number of carbonyl (C=O) groups is 2. The lowest BCUT2D eigenvalue weighted by Gasteiger charge is -2.31. The molecular weight excluding hydrogens is 346 g/mol. The predicted octanol–water partition coefficient (Wildman–Crippen LogP) is 3.24. The Kier molecular flexibility index (Phi) is 5.21. The molecule has 0 N–H and O–H groups in total. The van der Waals surface area contributed by atoms with E-state index in [0.717, 1.165) is 16.8 Å². The highest BCUT2D eigenvalue weighted by Gasteiger charge is 2.29. The van der Waals surface area contributed by atoms with E-state index in [1.807, 2.05) is 38.1 Å². The van der Waals surface area contributed by atoms with Crippen LogP contribution in [0.1, 0.15) is 24.5 Å². The van der Waals surface area contributed by atoms with Crippen LogP contribution in [0, 0.1) is 17.0 Å². The average Bonchev–Trinajstić information content (AvgIpc) is 2.64. The highest BCUT2D eigenvalue weighted by molar-refractivity contribution is 6.05. The van der Waals surface area contributed by atoms with Gasteiger partial charge >= 0.3 is 0 Å². The van der Waals surface area contributed by atoms with E-state index < -0.39 is 4.92 Å². The number of non-ortho nitro benzene ring substituents is 1. The first-order valence-electron chi connectivity index (χ1n) is 8.85. The van der Waals surface area contributed by atoms with Gasteiger partial charge in [0.2, 0.25) is 11.8 Å². The van der Waals surface area contributed by atoms with Crippen molar-refractivity contribution >= 4 is 28.9 Å². The lowest BCUT2D eigenvalue weighted by molar-refractivity contribution is -0.384. The predicted molar refractivity (Wildman–Crippen MR) is 103 cm³/mol. The summed E-state index contributed by atoms with van der Waals surface area (Å²) in [4.78, 5) is 38.9. The van der Waals surface area contributed by atoms with Crippen LogP contribution in [0.4, 0.5) is 17.1 Å². The maximum atomic E-state index is 12.9. The average molecular weight is 367 g/mol. The number of aryl methyl sites for hydroxylation is 2. The first-order chi connectivity index (χ1) is 12.9. The molecule has 27 heavy (non-hydrogen) atoms. The van der Waals surface area contributed by atoms with E-state index in [1.165, 1.54) is 17.0 Å². The number of fused-ring (bicyclic) bond motifs is 1. The van der Waals surface area contributed by atoms with E-state index in [4.69, 9.17) is 0 Å². The molecule has 140 valence electrons. The number of rotatable bonds is 5. The Labute approximate surface area is 157 Å². The maximum absolute atomic E-state index is 12.9. The van der Waals surface area contributed by atoms with Gasteiger partial charge in [0.15, 0.2) is 0 Å². The summed E-state index contributed by atoms with van der Waals surface area (Å²) in [7, 11) is 0. The second kappa shape index (κ2) is 7.57. The van der Waals surface area contributed by atoms with Crippen molar-refractivity contribution in [3.63, 3.8) is 0 Å². The quantitative estimate of drug-likeness (QED) is 0.600. The molecular formula is C20H21N3O4. The monoisotopic (exact) mass is 367 g/mol. The second-order valence-corrected chi connectivity index (χ2v) is 6.53. The van der Waals surface area contributed by atoms with Gasteiger partial charge in [-0.15, -0.1) is 0 Å². The molecule has 1 aliphatic rings. The zero-order valence-electron chi connectivity index (χ0n) is 15.3. The summed E-state index contributed by atoms with van der Waals surface area (Å²) in [5.41, 5.74) is 3.12. The lowest BCUT2D eigenvalue weighted by Crippen LogP contribution is -2.45. The first-order valence-corrected chi connectivity index (χ1v) is 8.85. The molecule has 0 bridgehead atoms. The van der Waals surface area contributed by atoms with E-state index >= 15 is 0 Å². The van der Waals surface area contributed by atoms with E-state index in [-0.39, 0.29) is 30.5 Å². The Hall–Kier alpha value is -3.22. The largest absolute Gasteiger partial charge is 0.311 e. The van der Waals surface area contributed by atoms with Crippen molar-refractivity contribution in [2.75, 3.05) is 22.9 Å². The third-order valence-corrected chi connectivity index (χ3v) is 4.70. The molecule has 0 aromatic heterocycles. The molecule has 0 unspecified atom stereocenters. The fourth-order valence-electron chi connectivity index (χ4n) is 3.35. The van der Waals surface area contributed by atoms with Gasteiger partial charge in [0, 0.05) is 36.5 Å². The van der Waals surface area contributed by atoms with Gasteiger partial charge in [0.1, 0.15) is 6.54 Å². The van der Waals surface area contributed by atoms with Crippen LogP contribution in [-0.4, -0.2) is 29.8 Å². The van der Waals surface area contributed by atoms with Crippen LogP contribution in [0.15, 0.2) is 42.5 Å². The van der Waals surface area contributed by atoms with Gasteiger partial charge in [-0.05, 0) is 49.6 Å². The smallest absolute Gasteiger partial charge is 0.269 e. The first kappa shape index (κ1) is 18.6. The topological polar surface area (TPSA) is 83.8 Å². The number of amides is 2. The fourth-order valence-corrected chi connectivity index (χ4v) is 3.35. The molecule has 1 aliphatic heterocycles. The number of nitro groups is 1. The molecule has 0 spiro atoms. The highest BCUT2D eigenvalue weighted by atomic mass is 16.6. The Morgan fingerprint density at radius 3 is 2.67 bits per heavy atom. The molecule has 2 aromatic carbocycles. The van der Waals surface area contributed by atoms with Gasteiger partial charge in [-0.1, -0.05) is 12.1 Å². The molecule has 7 heteroatoms. The number of benzene rings is 2. The minimum Gasteiger partial charge on any atom is -0.311 e. The van der Waals surface area contributed by atoms with Crippen LogP contribution in [0.3, 0.4) is 0 Å². The normalized spacial score (nSPS) is 13.3. The van der Waals surface area contributed by atoms with E-state index in [2.05, 4.69) is 0 Å². The minimum absolute atomic E-state index is 0.00989. The molecule has 0 atom stereocenters. The van der Waals surface area contributed by atoms with Crippen molar-refractivity contribution in [1.29, 1.82) is 0 Å². The van der Waals surface area contributed by atoms with Crippen LogP contribution in [-0.2, 0) is 16.0 Å². The molecule has 0 radical (unpaired) electrons. The van der Waals surface area contributed by atoms with Crippen molar-refractivity contribution in [3.05, 3.63) is 63.7 Å². The molecule has 0 fully saturated rings. The minimum atomic E-state index is -0.456. The van der Waals surface area contributed by atoms with Gasteiger partial charge in [-0.25, -0.2) is 0 Å². The van der Waals surface area contributed by atoms with Crippen molar-refractivity contribution in [3.8, 4) is 0 Å². The lowest BCUT2D eigenvalue weighted by atomic mass is 10.0. The van der Waals surface area contributed by atoms with Gasteiger partial charge in [-0.3, -0.25) is 19.7 Å². The Bertz CT molecular complexity index is 910. The van der Waals surface area contributed by atoms with Gasteiger partial charge in [0.25, 0.3) is 5.69 Å². The maximum Gasteiger partial charge on any atom is 0.269 e. The Morgan fingerprint density at radius 2 is 2.00 bits per heavy atom. The molecule has 2 amide bonds. The van der Waals surface area contributed by atoms with Crippen LogP contribution in [0.5, 0.6) is 0 Å². The van der Waals surface area contributed by atoms with Crippen LogP contribution in [0.2, 0.25) is 0 Å². The summed E-state index contributed by atoms with van der Waals surface area (Å²) in [6.07, 6.45) is 0.675. The molecule has 1 heterocycles. The molecule has 0 aliphatic carbocycles. The number of carbonyl (C=O) groups excluding carboxylic acids is 2. The Morgan fingerprint density at radius 1 is 1.22 bits per heavy atom. The Balaban J connectivity index is 1.87. The molecule has 0 saturated carbocycles. The summed E-state index contributed by atoms with van der Waals surface area (Å²) in [5, 5.41) is 11.0. The van der Waals surface area contributed by atoms with Crippen molar-refractivity contribution < 1.29 is 14.5 Å². The third kappa shape index (κ3) is 3.81. The van der Waals surface area contributed by atoms with Crippen LogP contribution < -0.4 is 9.80 Å². The SMILES string of the molecule is CCN(C(=O)CN1C(=O)CCc2cc([N+](=O)[O-])ccc21)c1cccc(C)c1. The number of likely N-dealkylation sites (N-methyl/N-ethyl adjacent to an activating group) is 1. The summed E-state index contributed by atoms with van der Waals surface area (Å²) in [5.74, 6) is -0.340. The van der Waals surface area contributed by atoms with Gasteiger partial charge < -0.3 is 9.80 Å². The van der Waals surface area contributed by atoms with E-state index in [9.17, 15) is 19.7 Å². The van der Waals surface area contributed by atoms with Crippen molar-refractivity contribution in [2.24, 2.45) is 0 Å². The summed E-state index contributed by atoms with van der Waals surface area (Å²) in [6, 6.07) is 12.0. The molecule has 0 saturated heterocycles. The fraction of sp³-hybridized carbons (Fsp3) is 0.300. The zero-order chi connectivity index (χ0) is 19.6. The standard InChI is InChI=1S/C20H21N3O4/c1-3-21(16-6-4-5-14(2)11-16)20(25)13-22-18-9-8-17(23(26)27)12-15(18)7-10-19(22)24/h4-6,8-9,11-12H,3,7,10,13H2,1-2H3. The van der Waals surface area contributed by atoms with E-state index in [0.29, 0.717) is 18.7 Å². The molecule has 3 rings (SSSR count). The second-order valence-electron chi connectivity index (χ2n) is 6.53. The van der Waals surface area contributed by atoms with Gasteiger partial charge in [-0.2, -0.15) is 0 Å². The summed E-state index contributed by atoms with van der Waals surface area (Å²) < 4.78 is 0. The van der Waals surface area contributed by atoms with Crippen molar-refractivity contribution in [1.82, 2.24) is 0 Å². The zero-order valence-corrected chi connectivity index (χ0v) is 15.3. The third-order valence-electron chi connectivity index (χ3n) is 4.70. The van der Waals surface area contributed by atoms with Crippen LogP contribution in [0.25, 0.3) is 0 Å². The molecule has 7 nitrogen and oxygen atoms in total. The highest BCUT2D eigenvalue weighted by Crippen LogP contribution is 2.31. The number of nitrogens with zero attached hydrogens (tertiary/aromatic N) is 3. The number of hydrogen-bond donors (Lipinski definition) is 0. The van der Waals surface area contributed by atoms with Crippen LogP contribution >= 0.6 is 0 Å². The van der Waals surface area contributed by atoms with Gasteiger partial charge in [0.05, 0.1) is 4.92 Å². The molecule has 2 aromatic rings. The summed E-state index contributed by atoms with van der Waals surface area (Å²) in [6.45, 7) is 4.23. The van der Waals surface area contributed by atoms with E-state index in [1.54, 1.807) is 11.0 Å². The number of nitro benzene ring substituents is 1. The summed E-state index contributed by atoms with van der Waals surface area (Å²) >= 11 is 0. The van der Waals surface area contributed by atoms with Crippen molar-refractivity contribution in [2.45, 2.75) is 26.7 Å². The number of anilines is 2. The number of hydrogen-bond acceptors (Lipinski definition) is 4.